The zero-order chi connectivity index (χ0) is 13.8. The Hall–Kier alpha value is 1.32. The summed E-state index contributed by atoms with van der Waals surface area (Å²) >= 11 is 14.2. The third-order valence-electron chi connectivity index (χ3n) is 2.94. The first-order valence-electron chi connectivity index (χ1n) is 5.91. The van der Waals surface area contributed by atoms with Gasteiger partial charge in [-0.2, -0.15) is 12.6 Å². The maximum Gasteiger partial charge on any atom is 0.0776 e. The number of thioether (sulfide) groups is 5. The van der Waals surface area contributed by atoms with Crippen LogP contribution in [0.5, 0.6) is 0 Å². The number of rotatable bonds is 5. The molecule has 2 unspecified atom stereocenters. The van der Waals surface area contributed by atoms with Gasteiger partial charge in [0.05, 0.1) is 4.58 Å². The molecule has 0 amide bonds. The van der Waals surface area contributed by atoms with Crippen molar-refractivity contribution in [3.05, 3.63) is 17.7 Å². The number of benzene rings is 1. The Kier molecular flexibility index (Phi) is 7.10. The maximum atomic E-state index is 4.45. The molecule has 0 saturated carbocycles. The molecule has 0 aromatic heterocycles. The van der Waals surface area contributed by atoms with Gasteiger partial charge in [0.25, 0.3) is 0 Å². The topological polar surface area (TPSA) is 0 Å². The van der Waals surface area contributed by atoms with Crippen molar-refractivity contribution in [1.29, 1.82) is 0 Å². The second kappa shape index (κ2) is 8.08. The molecule has 0 radical (unpaired) electrons. The Morgan fingerprint density at radius 2 is 1.79 bits per heavy atom. The van der Waals surface area contributed by atoms with Crippen molar-refractivity contribution in [1.82, 2.24) is 0 Å². The van der Waals surface area contributed by atoms with Crippen LogP contribution >= 0.6 is 71.4 Å². The van der Waals surface area contributed by atoms with E-state index in [0.29, 0.717) is 9.83 Å². The van der Waals surface area contributed by atoms with E-state index in [1.165, 1.54) is 26.0 Å². The maximum absolute atomic E-state index is 4.45. The van der Waals surface area contributed by atoms with Gasteiger partial charge in [-0.05, 0) is 30.9 Å². The van der Waals surface area contributed by atoms with Crippen LogP contribution in [0.15, 0.2) is 26.8 Å². The molecule has 0 bridgehead atoms. The van der Waals surface area contributed by atoms with Crippen LogP contribution in [-0.2, 0) is 0 Å². The molecule has 1 fully saturated rings. The van der Waals surface area contributed by atoms with Crippen LogP contribution in [0.25, 0.3) is 0 Å². The second-order valence-corrected chi connectivity index (χ2v) is 9.84. The Labute approximate surface area is 143 Å². The molecule has 0 N–H and O–H groups in total. The minimum atomic E-state index is 0.581. The van der Waals surface area contributed by atoms with Crippen molar-refractivity contribution < 1.29 is 0 Å². The standard InChI is InChI=1S/C13H18S6/c1-15-8-4-10(16-2)12(11(5-8)17-3)13-18-7-9(6-14)19-13/h4-5,9,13-14H,6-7H2,1-3H3. The van der Waals surface area contributed by atoms with Gasteiger partial charge in [0, 0.05) is 37.0 Å². The summed E-state index contributed by atoms with van der Waals surface area (Å²) in [5.41, 5.74) is 1.54. The second-order valence-electron chi connectivity index (χ2n) is 4.05. The fourth-order valence-corrected chi connectivity index (χ4v) is 8.22. The molecule has 1 aromatic carbocycles. The fourth-order valence-electron chi connectivity index (χ4n) is 1.96. The smallest absolute Gasteiger partial charge is 0.0776 e. The first-order chi connectivity index (χ1) is 9.23. The Balaban J connectivity index is 2.37. The predicted octanol–water partition coefficient (Wildman–Crippen LogP) is 5.63. The average molecular weight is 367 g/mol. The number of hydrogen-bond acceptors (Lipinski definition) is 6. The van der Waals surface area contributed by atoms with E-state index in [1.807, 2.05) is 35.3 Å². The summed E-state index contributed by atoms with van der Waals surface area (Å²) in [6.07, 6.45) is 6.53. The zero-order valence-corrected chi connectivity index (χ0v) is 16.2. The van der Waals surface area contributed by atoms with Gasteiger partial charge in [-0.3, -0.25) is 0 Å². The third-order valence-corrected chi connectivity index (χ3v) is 9.18. The molecule has 2 atom stereocenters. The highest BCUT2D eigenvalue weighted by Crippen LogP contribution is 2.54. The zero-order valence-electron chi connectivity index (χ0n) is 11.2. The normalized spacial score (nSPS) is 22.9. The quantitative estimate of drug-likeness (QED) is 0.528. The van der Waals surface area contributed by atoms with Gasteiger partial charge < -0.3 is 0 Å². The van der Waals surface area contributed by atoms with Gasteiger partial charge in [0.1, 0.15) is 0 Å². The van der Waals surface area contributed by atoms with E-state index in [-0.39, 0.29) is 0 Å². The summed E-state index contributed by atoms with van der Waals surface area (Å²) in [5.74, 6) is 2.21. The molecule has 1 heterocycles. The Morgan fingerprint density at radius 3 is 2.21 bits per heavy atom. The molecule has 1 aliphatic heterocycles. The van der Waals surface area contributed by atoms with E-state index in [9.17, 15) is 0 Å². The summed E-state index contributed by atoms with van der Waals surface area (Å²) in [6.45, 7) is 0. The highest BCUT2D eigenvalue weighted by Gasteiger charge is 2.29. The SMILES string of the molecule is CSc1cc(SC)c(C2SCC(CS)S2)c(SC)c1. The van der Waals surface area contributed by atoms with E-state index in [4.69, 9.17) is 0 Å². The van der Waals surface area contributed by atoms with E-state index >= 15 is 0 Å². The highest BCUT2D eigenvalue weighted by atomic mass is 32.2. The van der Waals surface area contributed by atoms with Crippen molar-refractivity contribution in [2.45, 2.75) is 24.5 Å². The molecule has 19 heavy (non-hydrogen) atoms. The Bertz CT molecular complexity index is 408. The molecular weight excluding hydrogens is 349 g/mol. The predicted molar refractivity (Wildman–Crippen MR) is 102 cm³/mol. The van der Waals surface area contributed by atoms with Crippen molar-refractivity contribution >= 4 is 71.4 Å². The molecule has 2 rings (SSSR count). The summed E-state index contributed by atoms with van der Waals surface area (Å²) in [7, 11) is 0. The van der Waals surface area contributed by atoms with Gasteiger partial charge in [0.2, 0.25) is 0 Å². The van der Waals surface area contributed by atoms with Gasteiger partial charge >= 0.3 is 0 Å². The third kappa shape index (κ3) is 3.95. The monoisotopic (exact) mass is 366 g/mol. The Morgan fingerprint density at radius 1 is 1.16 bits per heavy atom. The minimum absolute atomic E-state index is 0.581. The van der Waals surface area contributed by atoms with Crippen LogP contribution in [-0.4, -0.2) is 35.5 Å². The molecule has 6 heteroatoms. The van der Waals surface area contributed by atoms with Crippen LogP contribution in [0.2, 0.25) is 0 Å². The van der Waals surface area contributed by atoms with Crippen LogP contribution in [0.4, 0.5) is 0 Å². The average Bonchev–Trinajstić information content (AvgIpc) is 2.94. The van der Waals surface area contributed by atoms with Crippen LogP contribution in [0.1, 0.15) is 10.1 Å². The lowest BCUT2D eigenvalue weighted by Crippen LogP contribution is -2.01. The summed E-state index contributed by atoms with van der Waals surface area (Å²) in [5, 5.41) is 0.697. The minimum Gasteiger partial charge on any atom is -0.178 e. The van der Waals surface area contributed by atoms with Crippen molar-refractivity contribution in [2.75, 3.05) is 30.3 Å². The first-order valence-corrected chi connectivity index (χ1v) is 12.2. The summed E-state index contributed by atoms with van der Waals surface area (Å²) < 4.78 is 0.581. The largest absolute Gasteiger partial charge is 0.178 e. The number of thiol groups is 1. The van der Waals surface area contributed by atoms with Crippen molar-refractivity contribution in [2.24, 2.45) is 0 Å². The lowest BCUT2D eigenvalue weighted by molar-refractivity contribution is 1.11. The molecular formula is C13H18S6. The van der Waals surface area contributed by atoms with Crippen molar-refractivity contribution in [3.63, 3.8) is 0 Å². The lowest BCUT2D eigenvalue weighted by atomic mass is 10.2. The summed E-state index contributed by atoms with van der Waals surface area (Å²) in [6, 6.07) is 4.69. The molecule has 1 aliphatic rings. The van der Waals surface area contributed by atoms with Crippen LogP contribution in [0, 0.1) is 0 Å². The molecule has 106 valence electrons. The fraction of sp³-hybridized carbons (Fsp3) is 0.538. The van der Waals surface area contributed by atoms with E-state index in [0.717, 1.165) is 5.75 Å². The van der Waals surface area contributed by atoms with Crippen LogP contribution in [0.3, 0.4) is 0 Å². The van der Waals surface area contributed by atoms with E-state index < -0.39 is 0 Å². The highest BCUT2D eigenvalue weighted by molar-refractivity contribution is 8.20. The lowest BCUT2D eigenvalue weighted by Gasteiger charge is -2.18. The summed E-state index contributed by atoms with van der Waals surface area (Å²) in [4.78, 5) is 4.26. The molecule has 0 spiro atoms. The van der Waals surface area contributed by atoms with Gasteiger partial charge in [-0.1, -0.05) is 0 Å². The first kappa shape index (κ1) is 16.7. The van der Waals surface area contributed by atoms with Gasteiger partial charge in [-0.25, -0.2) is 0 Å². The van der Waals surface area contributed by atoms with Gasteiger partial charge in [0.15, 0.2) is 0 Å². The van der Waals surface area contributed by atoms with Gasteiger partial charge in [-0.15, -0.1) is 58.8 Å². The van der Waals surface area contributed by atoms with E-state index in [2.05, 4.69) is 67.1 Å². The molecule has 0 aliphatic carbocycles. The molecule has 1 aromatic rings. The van der Waals surface area contributed by atoms with Crippen LogP contribution < -0.4 is 0 Å². The van der Waals surface area contributed by atoms with E-state index in [1.54, 1.807) is 0 Å². The molecule has 1 saturated heterocycles. The molecule has 0 nitrogen and oxygen atoms in total. The van der Waals surface area contributed by atoms with Crippen molar-refractivity contribution in [3.8, 4) is 0 Å². The number of hydrogen-bond donors (Lipinski definition) is 1.